The van der Waals surface area contributed by atoms with Gasteiger partial charge in [-0.05, 0) is 26.0 Å². The van der Waals surface area contributed by atoms with E-state index in [9.17, 15) is 10.0 Å². The molecule has 1 aromatic carbocycles. The normalized spacial score (nSPS) is 10.5. The number of rotatable bonds is 2. The van der Waals surface area contributed by atoms with E-state index in [1.54, 1.807) is 11.6 Å². The third-order valence-electron chi connectivity index (χ3n) is 2.61. The fourth-order valence-corrected chi connectivity index (χ4v) is 1.85. The molecule has 2 aromatic rings. The molecule has 0 atom stereocenters. The molecular weight excluding hydrogens is 203 g/mol. The summed E-state index contributed by atoms with van der Waals surface area (Å²) < 4.78 is 1.71. The van der Waals surface area contributed by atoms with Crippen molar-refractivity contribution in [3.05, 3.63) is 41.7 Å². The van der Waals surface area contributed by atoms with E-state index in [2.05, 4.69) is 5.10 Å². The van der Waals surface area contributed by atoms with Crippen molar-refractivity contribution in [3.8, 4) is 5.69 Å². The van der Waals surface area contributed by atoms with Crippen LogP contribution in [0.25, 0.3) is 5.69 Å². The van der Waals surface area contributed by atoms with Crippen molar-refractivity contribution in [1.29, 1.82) is 0 Å². The predicted octanol–water partition coefficient (Wildman–Crippen LogP) is 0.169. The van der Waals surface area contributed by atoms with Crippen LogP contribution in [0.5, 0.6) is 0 Å². The molecule has 2 N–H and O–H groups in total. The maximum absolute atomic E-state index is 9.25. The molecule has 82 valence electrons. The summed E-state index contributed by atoms with van der Waals surface area (Å²) in [4.78, 5) is 0. The zero-order chi connectivity index (χ0) is 11.7. The van der Waals surface area contributed by atoms with Crippen molar-refractivity contribution in [3.63, 3.8) is 0 Å². The van der Waals surface area contributed by atoms with Crippen LogP contribution in [0.2, 0.25) is 0 Å². The van der Waals surface area contributed by atoms with Crippen molar-refractivity contribution in [2.24, 2.45) is 0 Å². The summed E-state index contributed by atoms with van der Waals surface area (Å²) in [5.41, 5.74) is 2.77. The molecule has 0 fully saturated rings. The fraction of sp³-hybridized carbons (Fsp3) is 0.182. The van der Waals surface area contributed by atoms with Crippen LogP contribution in [-0.2, 0) is 0 Å². The van der Waals surface area contributed by atoms with Gasteiger partial charge in [0.25, 0.3) is 0 Å². The van der Waals surface area contributed by atoms with Crippen molar-refractivity contribution in [2.45, 2.75) is 13.8 Å². The first kappa shape index (κ1) is 10.9. The molecule has 5 heteroatoms. The largest absolute Gasteiger partial charge is 0.492 e. The van der Waals surface area contributed by atoms with Crippen LogP contribution >= 0.6 is 0 Å². The van der Waals surface area contributed by atoms with Gasteiger partial charge in [-0.15, -0.1) is 0 Å². The zero-order valence-corrected chi connectivity index (χ0v) is 9.25. The molecule has 0 radical (unpaired) electrons. The summed E-state index contributed by atoms with van der Waals surface area (Å²) in [6, 6.07) is 9.61. The second-order valence-corrected chi connectivity index (χ2v) is 3.71. The summed E-state index contributed by atoms with van der Waals surface area (Å²) in [5, 5.41) is 22.8. The quantitative estimate of drug-likeness (QED) is 0.703. The van der Waals surface area contributed by atoms with Crippen molar-refractivity contribution < 1.29 is 10.0 Å². The number of aryl methyl sites for hydroxylation is 1. The molecule has 0 saturated heterocycles. The van der Waals surface area contributed by atoms with E-state index in [-0.39, 0.29) is 0 Å². The zero-order valence-electron chi connectivity index (χ0n) is 9.25. The molecule has 0 aliphatic carbocycles. The molecular formula is C11H13BN2O2. The molecule has 2 rings (SSSR count). The van der Waals surface area contributed by atoms with E-state index >= 15 is 0 Å². The van der Waals surface area contributed by atoms with E-state index in [0.29, 0.717) is 11.2 Å². The summed E-state index contributed by atoms with van der Waals surface area (Å²) in [7, 11) is -1.47. The topological polar surface area (TPSA) is 58.3 Å². The Labute approximate surface area is 94.3 Å². The number of nitrogens with zero attached hydrogens (tertiary/aromatic N) is 2. The van der Waals surface area contributed by atoms with Gasteiger partial charge in [0.15, 0.2) is 0 Å². The molecule has 0 aliphatic rings. The van der Waals surface area contributed by atoms with Crippen molar-refractivity contribution >= 4 is 12.6 Å². The number of para-hydroxylation sites is 1. The van der Waals surface area contributed by atoms with E-state index in [1.165, 1.54) is 0 Å². The minimum Gasteiger partial charge on any atom is -0.423 e. The molecule has 16 heavy (non-hydrogen) atoms. The number of hydrogen-bond donors (Lipinski definition) is 2. The van der Waals surface area contributed by atoms with Gasteiger partial charge >= 0.3 is 7.12 Å². The molecule has 0 aliphatic heterocycles. The first-order valence-electron chi connectivity index (χ1n) is 5.09. The smallest absolute Gasteiger partial charge is 0.423 e. The maximum Gasteiger partial charge on any atom is 0.492 e. The molecule has 1 aromatic heterocycles. The Morgan fingerprint density at radius 1 is 1.12 bits per heavy atom. The third kappa shape index (κ3) is 1.75. The van der Waals surface area contributed by atoms with Gasteiger partial charge in [-0.25, -0.2) is 4.68 Å². The first-order valence-corrected chi connectivity index (χ1v) is 5.09. The average Bonchev–Trinajstić information content (AvgIpc) is 2.55. The third-order valence-corrected chi connectivity index (χ3v) is 2.61. The monoisotopic (exact) mass is 216 g/mol. The standard InChI is InChI=1S/C11H13BN2O2/c1-8-11(12(15)16)9(2)14(13-8)10-6-4-3-5-7-10/h3-7,15-16H,1-2H3. The maximum atomic E-state index is 9.25. The lowest BCUT2D eigenvalue weighted by atomic mass is 9.78. The fourth-order valence-electron chi connectivity index (χ4n) is 1.85. The molecule has 0 unspecified atom stereocenters. The van der Waals surface area contributed by atoms with E-state index in [0.717, 1.165) is 11.4 Å². The van der Waals surface area contributed by atoms with Crippen molar-refractivity contribution in [2.75, 3.05) is 0 Å². The first-order chi connectivity index (χ1) is 7.61. The SMILES string of the molecule is Cc1nn(-c2ccccc2)c(C)c1B(O)O. The van der Waals surface area contributed by atoms with Crippen LogP contribution in [0.3, 0.4) is 0 Å². The van der Waals surface area contributed by atoms with Crippen LogP contribution in [0.1, 0.15) is 11.4 Å². The van der Waals surface area contributed by atoms with Gasteiger partial charge < -0.3 is 10.0 Å². The van der Waals surface area contributed by atoms with Gasteiger partial charge in [0.2, 0.25) is 0 Å². The molecule has 0 amide bonds. The minimum atomic E-state index is -1.47. The summed E-state index contributed by atoms with van der Waals surface area (Å²) in [6.45, 7) is 3.59. The Morgan fingerprint density at radius 3 is 2.25 bits per heavy atom. The highest BCUT2D eigenvalue weighted by Crippen LogP contribution is 2.09. The van der Waals surface area contributed by atoms with Gasteiger partial charge in [0.05, 0.1) is 11.4 Å². The summed E-state index contributed by atoms with van der Waals surface area (Å²) in [6.07, 6.45) is 0. The van der Waals surface area contributed by atoms with Crippen LogP contribution in [0.4, 0.5) is 0 Å². The molecule has 0 spiro atoms. The van der Waals surface area contributed by atoms with Gasteiger partial charge in [0.1, 0.15) is 0 Å². The Bertz CT molecular complexity index is 494. The van der Waals surface area contributed by atoms with Crippen LogP contribution < -0.4 is 5.46 Å². The van der Waals surface area contributed by atoms with Gasteiger partial charge in [-0.2, -0.15) is 5.10 Å². The number of hydrogen-bond acceptors (Lipinski definition) is 3. The Morgan fingerprint density at radius 2 is 1.75 bits per heavy atom. The van der Waals surface area contributed by atoms with Gasteiger partial charge in [-0.3, -0.25) is 0 Å². The highest BCUT2D eigenvalue weighted by atomic mass is 16.4. The Hall–Kier alpha value is -1.59. The Balaban J connectivity index is 2.56. The molecule has 1 heterocycles. The Kier molecular flexibility index (Phi) is 2.81. The second-order valence-electron chi connectivity index (χ2n) is 3.71. The highest BCUT2D eigenvalue weighted by molar-refractivity contribution is 6.59. The average molecular weight is 216 g/mol. The van der Waals surface area contributed by atoms with E-state index < -0.39 is 7.12 Å². The molecule has 0 saturated carbocycles. The van der Waals surface area contributed by atoms with Crippen LogP contribution in [0.15, 0.2) is 30.3 Å². The lowest BCUT2D eigenvalue weighted by Gasteiger charge is -2.04. The van der Waals surface area contributed by atoms with E-state index in [1.807, 2.05) is 37.3 Å². The van der Waals surface area contributed by atoms with Crippen molar-refractivity contribution in [1.82, 2.24) is 9.78 Å². The van der Waals surface area contributed by atoms with Gasteiger partial charge in [-0.1, -0.05) is 18.2 Å². The summed E-state index contributed by atoms with van der Waals surface area (Å²) in [5.74, 6) is 0. The lowest BCUT2D eigenvalue weighted by Crippen LogP contribution is -2.33. The molecule has 4 nitrogen and oxygen atoms in total. The van der Waals surface area contributed by atoms with E-state index in [4.69, 9.17) is 0 Å². The number of aromatic nitrogens is 2. The van der Waals surface area contributed by atoms with Crippen LogP contribution in [0, 0.1) is 13.8 Å². The molecule has 0 bridgehead atoms. The van der Waals surface area contributed by atoms with Crippen LogP contribution in [-0.4, -0.2) is 26.9 Å². The predicted molar refractivity (Wildman–Crippen MR) is 62.9 cm³/mol. The highest BCUT2D eigenvalue weighted by Gasteiger charge is 2.22. The summed E-state index contributed by atoms with van der Waals surface area (Å²) >= 11 is 0. The van der Waals surface area contributed by atoms with Gasteiger partial charge in [0, 0.05) is 11.2 Å². The second kappa shape index (κ2) is 4.12. The lowest BCUT2D eigenvalue weighted by molar-refractivity contribution is 0.425. The number of benzene rings is 1. The minimum absolute atomic E-state index is 0.476.